The minimum absolute atomic E-state index is 0.151. The van der Waals surface area contributed by atoms with E-state index in [2.05, 4.69) is 15.9 Å². The summed E-state index contributed by atoms with van der Waals surface area (Å²) in [5, 5.41) is 0. The molecule has 1 aromatic rings. The molecule has 0 radical (unpaired) electrons. The maximum atomic E-state index is 12.5. The van der Waals surface area contributed by atoms with E-state index in [0.717, 1.165) is 6.92 Å². The van der Waals surface area contributed by atoms with E-state index in [-0.39, 0.29) is 10.0 Å². The first-order chi connectivity index (χ1) is 7.64. The fourth-order valence-electron chi connectivity index (χ4n) is 1.29. The quantitative estimate of drug-likeness (QED) is 0.575. The maximum Gasteiger partial charge on any atom is 0.416 e. The van der Waals surface area contributed by atoms with E-state index in [1.54, 1.807) is 0 Å². The number of alkyl halides is 5. The second-order valence-corrected chi connectivity index (χ2v) is 4.13. The molecule has 0 unspecified atom stereocenters. The Balaban J connectivity index is 3.53. The molecule has 0 amide bonds. The first kappa shape index (κ1) is 14.1. The monoisotopic (exact) mass is 316 g/mol. The van der Waals surface area contributed by atoms with Crippen molar-refractivity contribution < 1.29 is 26.7 Å². The van der Waals surface area contributed by atoms with Crippen LogP contribution >= 0.6 is 15.9 Å². The highest BCUT2D eigenvalue weighted by Gasteiger charge is 2.36. The van der Waals surface area contributed by atoms with E-state index in [0.29, 0.717) is 12.1 Å². The lowest BCUT2D eigenvalue weighted by atomic mass is 10.0. The highest BCUT2D eigenvalue weighted by atomic mass is 79.9. The summed E-state index contributed by atoms with van der Waals surface area (Å²) in [7, 11) is 0. The largest absolute Gasteiger partial charge is 0.416 e. The Bertz CT molecular complexity index is 453. The summed E-state index contributed by atoms with van der Waals surface area (Å²) in [6, 6.07) is 1.07. The lowest BCUT2D eigenvalue weighted by molar-refractivity contribution is -0.139. The second-order valence-electron chi connectivity index (χ2n) is 3.27. The molecule has 0 aliphatic heterocycles. The van der Waals surface area contributed by atoms with Crippen LogP contribution in [0.25, 0.3) is 0 Å². The van der Waals surface area contributed by atoms with Gasteiger partial charge in [-0.15, -0.1) is 0 Å². The zero-order valence-corrected chi connectivity index (χ0v) is 9.99. The lowest BCUT2D eigenvalue weighted by Gasteiger charge is -2.14. The average Bonchev–Trinajstić information content (AvgIpc) is 2.14. The van der Waals surface area contributed by atoms with Crippen LogP contribution in [-0.2, 0) is 6.18 Å². The number of halogens is 6. The minimum atomic E-state index is -4.89. The lowest BCUT2D eigenvalue weighted by Crippen LogP contribution is -2.11. The number of benzene rings is 1. The summed E-state index contributed by atoms with van der Waals surface area (Å²) in [5.41, 5.74) is -2.83. The molecule has 1 nitrogen and oxygen atoms in total. The van der Waals surface area contributed by atoms with Gasteiger partial charge in [-0.2, -0.15) is 13.2 Å². The number of hydrogen-bond donors (Lipinski definition) is 0. The molecule has 17 heavy (non-hydrogen) atoms. The van der Waals surface area contributed by atoms with Gasteiger partial charge in [0, 0.05) is 15.6 Å². The van der Waals surface area contributed by atoms with Crippen molar-refractivity contribution >= 4 is 21.7 Å². The van der Waals surface area contributed by atoms with Crippen molar-refractivity contribution in [2.45, 2.75) is 19.5 Å². The number of carbonyl (C=O) groups excluding carboxylic acids is 1. The highest BCUT2D eigenvalue weighted by molar-refractivity contribution is 9.10. The van der Waals surface area contributed by atoms with E-state index in [1.165, 1.54) is 0 Å². The first-order valence-electron chi connectivity index (χ1n) is 4.34. The van der Waals surface area contributed by atoms with E-state index in [1.807, 2.05) is 0 Å². The Morgan fingerprint density at radius 1 is 1.29 bits per heavy atom. The van der Waals surface area contributed by atoms with Gasteiger partial charge in [-0.1, -0.05) is 15.9 Å². The van der Waals surface area contributed by atoms with Crippen molar-refractivity contribution in [2.24, 2.45) is 0 Å². The molecule has 0 aliphatic rings. The first-order valence-corrected chi connectivity index (χ1v) is 5.13. The van der Waals surface area contributed by atoms with Crippen LogP contribution in [0.3, 0.4) is 0 Å². The van der Waals surface area contributed by atoms with Crippen LogP contribution in [0.5, 0.6) is 0 Å². The molecule has 0 bridgehead atoms. The van der Waals surface area contributed by atoms with Crippen LogP contribution in [0.2, 0.25) is 0 Å². The summed E-state index contributed by atoms with van der Waals surface area (Å²) in [5.74, 6) is -0.590. The Morgan fingerprint density at radius 2 is 1.82 bits per heavy atom. The molecule has 0 aliphatic carbocycles. The molecule has 7 heteroatoms. The fourth-order valence-corrected chi connectivity index (χ4v) is 1.91. The third-order valence-corrected chi connectivity index (χ3v) is 2.72. The van der Waals surface area contributed by atoms with Crippen molar-refractivity contribution in [3.05, 3.63) is 33.3 Å². The molecule has 0 saturated carbocycles. The zero-order chi connectivity index (χ0) is 13.4. The predicted octanol–water partition coefficient (Wildman–Crippen LogP) is 4.61. The zero-order valence-electron chi connectivity index (χ0n) is 8.41. The Kier molecular flexibility index (Phi) is 3.91. The fraction of sp³-hybridized carbons (Fsp3) is 0.300. The molecule has 0 atom stereocenters. The van der Waals surface area contributed by atoms with Gasteiger partial charge >= 0.3 is 6.18 Å². The second kappa shape index (κ2) is 4.72. The smallest absolute Gasteiger partial charge is 0.294 e. The summed E-state index contributed by atoms with van der Waals surface area (Å²) in [6.07, 6.45) is -8.18. The Morgan fingerprint density at radius 3 is 2.18 bits per heavy atom. The Labute approximate surface area is 102 Å². The summed E-state index contributed by atoms with van der Waals surface area (Å²) in [6.45, 7) is 1.09. The third kappa shape index (κ3) is 3.02. The number of carbonyl (C=O) groups is 1. The summed E-state index contributed by atoms with van der Waals surface area (Å²) >= 11 is 2.76. The topological polar surface area (TPSA) is 17.1 Å². The molecule has 0 heterocycles. The minimum Gasteiger partial charge on any atom is -0.294 e. The Hall–Kier alpha value is -0.980. The molecular formula is C10H6BrF5O. The number of rotatable bonds is 2. The normalized spacial score (nSPS) is 12.0. The number of ketones is 1. The van der Waals surface area contributed by atoms with Gasteiger partial charge in [0.25, 0.3) is 6.43 Å². The van der Waals surface area contributed by atoms with Crippen LogP contribution in [0, 0.1) is 0 Å². The highest BCUT2D eigenvalue weighted by Crippen LogP contribution is 2.39. The van der Waals surface area contributed by atoms with E-state index >= 15 is 0 Å². The average molecular weight is 317 g/mol. The molecule has 1 rings (SSSR count). The van der Waals surface area contributed by atoms with E-state index in [4.69, 9.17) is 0 Å². The SMILES string of the molecule is CC(=O)c1cc(C(F)F)c(C(F)(F)F)cc1Br. The molecule has 1 aromatic carbocycles. The van der Waals surface area contributed by atoms with Gasteiger partial charge in [-0.05, 0) is 19.1 Å². The number of hydrogen-bond acceptors (Lipinski definition) is 1. The van der Waals surface area contributed by atoms with Gasteiger partial charge in [-0.25, -0.2) is 8.78 Å². The van der Waals surface area contributed by atoms with Crippen LogP contribution in [0.15, 0.2) is 16.6 Å². The van der Waals surface area contributed by atoms with Crippen molar-refractivity contribution in [1.29, 1.82) is 0 Å². The van der Waals surface area contributed by atoms with E-state index < -0.39 is 29.5 Å². The molecule has 94 valence electrons. The van der Waals surface area contributed by atoms with Crippen molar-refractivity contribution in [3.8, 4) is 0 Å². The van der Waals surface area contributed by atoms with Crippen LogP contribution < -0.4 is 0 Å². The predicted molar refractivity (Wildman–Crippen MR) is 54.1 cm³/mol. The van der Waals surface area contributed by atoms with Gasteiger partial charge < -0.3 is 0 Å². The molecule has 0 N–H and O–H groups in total. The number of Topliss-reactive ketones (excluding diaryl/α,β-unsaturated/α-hetero) is 1. The molecule has 0 aromatic heterocycles. The van der Waals surface area contributed by atoms with Crippen molar-refractivity contribution in [2.75, 3.05) is 0 Å². The van der Waals surface area contributed by atoms with Crippen LogP contribution in [0.4, 0.5) is 22.0 Å². The van der Waals surface area contributed by atoms with Gasteiger partial charge in [-0.3, -0.25) is 4.79 Å². The summed E-state index contributed by atoms with van der Waals surface area (Å²) in [4.78, 5) is 11.0. The van der Waals surface area contributed by atoms with Gasteiger partial charge in [0.2, 0.25) is 0 Å². The standard InChI is InChI=1S/C10H6BrF5O/c1-4(17)5-2-6(9(12)13)7(3-8(5)11)10(14,15)16/h2-3,9H,1H3. The van der Waals surface area contributed by atoms with Gasteiger partial charge in [0.1, 0.15) is 0 Å². The van der Waals surface area contributed by atoms with Gasteiger partial charge in [0.05, 0.1) is 5.56 Å². The van der Waals surface area contributed by atoms with E-state index in [9.17, 15) is 26.7 Å². The molecule has 0 saturated heterocycles. The molecule has 0 fully saturated rings. The third-order valence-electron chi connectivity index (χ3n) is 2.06. The molecule has 0 spiro atoms. The summed E-state index contributed by atoms with van der Waals surface area (Å²) < 4.78 is 62.3. The van der Waals surface area contributed by atoms with Crippen LogP contribution in [-0.4, -0.2) is 5.78 Å². The van der Waals surface area contributed by atoms with Gasteiger partial charge in [0.15, 0.2) is 5.78 Å². The van der Waals surface area contributed by atoms with Crippen molar-refractivity contribution in [3.63, 3.8) is 0 Å². The van der Waals surface area contributed by atoms with Crippen LogP contribution in [0.1, 0.15) is 34.8 Å². The molecular weight excluding hydrogens is 311 g/mol. The maximum absolute atomic E-state index is 12.5. The van der Waals surface area contributed by atoms with Crippen molar-refractivity contribution in [1.82, 2.24) is 0 Å².